The minimum absolute atomic E-state index is 0.0235. The maximum absolute atomic E-state index is 11.6. The Balaban J connectivity index is 2.28. The van der Waals surface area contributed by atoms with Gasteiger partial charge in [-0.1, -0.05) is 36.2 Å². The molecule has 1 aromatic rings. The molecule has 106 valence electrons. The van der Waals surface area contributed by atoms with Crippen LogP contribution in [0.25, 0.3) is 0 Å². The fourth-order valence-corrected chi connectivity index (χ4v) is 2.73. The van der Waals surface area contributed by atoms with E-state index in [2.05, 4.69) is 5.32 Å². The molecule has 1 unspecified atom stereocenters. The van der Waals surface area contributed by atoms with E-state index in [1.165, 1.54) is 11.8 Å². The first kappa shape index (κ1) is 16.6. The van der Waals surface area contributed by atoms with Crippen molar-refractivity contribution in [2.45, 2.75) is 12.7 Å². The number of amides is 1. The van der Waals surface area contributed by atoms with E-state index >= 15 is 0 Å². The summed E-state index contributed by atoms with van der Waals surface area (Å²) < 4.78 is 0. The highest BCUT2D eigenvalue weighted by atomic mass is 35.5. The van der Waals surface area contributed by atoms with E-state index in [0.717, 1.165) is 5.56 Å². The van der Waals surface area contributed by atoms with Crippen molar-refractivity contribution < 1.29 is 4.79 Å². The summed E-state index contributed by atoms with van der Waals surface area (Å²) in [5, 5.41) is 4.10. The molecule has 19 heavy (non-hydrogen) atoms. The molecule has 0 spiro atoms. The van der Waals surface area contributed by atoms with Gasteiger partial charge >= 0.3 is 0 Å². The van der Waals surface area contributed by atoms with Gasteiger partial charge in [0.2, 0.25) is 5.91 Å². The molecule has 3 nitrogen and oxygen atoms in total. The molecule has 1 amide bonds. The summed E-state index contributed by atoms with van der Waals surface area (Å²) in [6.45, 7) is 3.20. The number of halogens is 2. The van der Waals surface area contributed by atoms with E-state index in [9.17, 15) is 4.79 Å². The molecule has 0 fully saturated rings. The summed E-state index contributed by atoms with van der Waals surface area (Å²) in [6.07, 6.45) is 0. The number of carbonyl (C=O) groups excluding carboxylic acids is 1. The molecule has 1 aromatic carbocycles. The predicted octanol–water partition coefficient (Wildman–Crippen LogP) is 2.94. The third-order valence-electron chi connectivity index (χ3n) is 2.56. The fourth-order valence-electron chi connectivity index (χ4n) is 1.31. The maximum Gasteiger partial charge on any atom is 0.230 e. The summed E-state index contributed by atoms with van der Waals surface area (Å²) in [4.78, 5) is 11.6. The second-order valence-electron chi connectivity index (χ2n) is 4.37. The van der Waals surface area contributed by atoms with E-state index in [1.807, 2.05) is 13.0 Å². The zero-order valence-electron chi connectivity index (χ0n) is 10.8. The monoisotopic (exact) mass is 320 g/mol. The second kappa shape index (κ2) is 8.69. The molecule has 0 aliphatic heterocycles. The topological polar surface area (TPSA) is 55.1 Å². The van der Waals surface area contributed by atoms with Crippen molar-refractivity contribution >= 4 is 40.9 Å². The summed E-state index contributed by atoms with van der Waals surface area (Å²) in [6, 6.07) is 5.39. The van der Waals surface area contributed by atoms with E-state index in [4.69, 9.17) is 28.9 Å². The van der Waals surface area contributed by atoms with Gasteiger partial charge in [0.15, 0.2) is 0 Å². The summed E-state index contributed by atoms with van der Waals surface area (Å²) in [5.74, 6) is 1.43. The van der Waals surface area contributed by atoms with Gasteiger partial charge in [0, 0.05) is 22.3 Å². The molecular weight excluding hydrogens is 303 g/mol. The van der Waals surface area contributed by atoms with Crippen LogP contribution in [0.5, 0.6) is 0 Å². The first-order chi connectivity index (χ1) is 9.02. The van der Waals surface area contributed by atoms with Crippen LogP contribution in [0.1, 0.15) is 12.5 Å². The van der Waals surface area contributed by atoms with E-state index < -0.39 is 0 Å². The molecule has 1 atom stereocenters. The lowest BCUT2D eigenvalue weighted by atomic mass is 10.2. The lowest BCUT2D eigenvalue weighted by molar-refractivity contribution is -0.118. The zero-order valence-corrected chi connectivity index (χ0v) is 13.1. The van der Waals surface area contributed by atoms with Crippen molar-refractivity contribution in [1.29, 1.82) is 0 Å². The van der Waals surface area contributed by atoms with Crippen molar-refractivity contribution in [3.63, 3.8) is 0 Å². The predicted molar refractivity (Wildman–Crippen MR) is 83.9 cm³/mol. The van der Waals surface area contributed by atoms with Gasteiger partial charge in [0.25, 0.3) is 0 Å². The van der Waals surface area contributed by atoms with Crippen LogP contribution in [0.15, 0.2) is 18.2 Å². The highest BCUT2D eigenvalue weighted by molar-refractivity contribution is 7.99. The lowest BCUT2D eigenvalue weighted by Gasteiger charge is -2.10. The Bertz CT molecular complexity index is 429. The normalized spacial score (nSPS) is 12.2. The minimum atomic E-state index is 0.0235. The minimum Gasteiger partial charge on any atom is -0.355 e. The quantitative estimate of drug-likeness (QED) is 0.812. The third kappa shape index (κ3) is 6.52. The number of carbonyl (C=O) groups is 1. The molecule has 0 radical (unpaired) electrons. The van der Waals surface area contributed by atoms with E-state index in [-0.39, 0.29) is 5.91 Å². The van der Waals surface area contributed by atoms with Gasteiger partial charge in [-0.2, -0.15) is 0 Å². The lowest BCUT2D eigenvalue weighted by Crippen LogP contribution is -2.32. The van der Waals surface area contributed by atoms with Crippen LogP contribution < -0.4 is 11.1 Å². The van der Waals surface area contributed by atoms with Gasteiger partial charge in [0.05, 0.1) is 5.75 Å². The van der Waals surface area contributed by atoms with Crippen LogP contribution in [0.3, 0.4) is 0 Å². The van der Waals surface area contributed by atoms with Crippen LogP contribution in [0.4, 0.5) is 0 Å². The SMILES string of the molecule is CC(CN)CNC(=O)CSCc1ccc(Cl)cc1Cl. The van der Waals surface area contributed by atoms with Crippen molar-refractivity contribution in [3.8, 4) is 0 Å². The smallest absolute Gasteiger partial charge is 0.230 e. The first-order valence-electron chi connectivity index (χ1n) is 6.01. The Labute approximate surface area is 128 Å². The maximum atomic E-state index is 11.6. The number of rotatable bonds is 7. The Morgan fingerprint density at radius 2 is 2.21 bits per heavy atom. The molecule has 0 saturated carbocycles. The van der Waals surface area contributed by atoms with Gasteiger partial charge in [-0.15, -0.1) is 11.8 Å². The van der Waals surface area contributed by atoms with Gasteiger partial charge in [0.1, 0.15) is 0 Å². The average Bonchev–Trinajstić information content (AvgIpc) is 2.38. The Hall–Kier alpha value is -0.420. The van der Waals surface area contributed by atoms with E-state index in [1.54, 1.807) is 12.1 Å². The molecule has 6 heteroatoms. The number of thioether (sulfide) groups is 1. The average molecular weight is 321 g/mol. The molecule has 0 aliphatic carbocycles. The Kier molecular flexibility index (Phi) is 7.61. The molecular formula is C13H18Cl2N2OS. The third-order valence-corrected chi connectivity index (χ3v) is 4.12. The van der Waals surface area contributed by atoms with E-state index in [0.29, 0.717) is 40.6 Å². The van der Waals surface area contributed by atoms with Crippen LogP contribution in [0, 0.1) is 5.92 Å². The molecule has 0 bridgehead atoms. The fraction of sp³-hybridized carbons (Fsp3) is 0.462. The van der Waals surface area contributed by atoms with Crippen molar-refractivity contribution in [1.82, 2.24) is 5.32 Å². The van der Waals surface area contributed by atoms with Crippen LogP contribution in [-0.2, 0) is 10.5 Å². The molecule has 3 N–H and O–H groups in total. The Morgan fingerprint density at radius 3 is 2.84 bits per heavy atom. The summed E-state index contributed by atoms with van der Waals surface area (Å²) in [5.41, 5.74) is 6.47. The van der Waals surface area contributed by atoms with Gasteiger partial charge in [-0.3, -0.25) is 4.79 Å². The molecule has 0 saturated heterocycles. The van der Waals surface area contributed by atoms with Crippen LogP contribution in [0.2, 0.25) is 10.0 Å². The first-order valence-corrected chi connectivity index (χ1v) is 7.92. The number of nitrogens with two attached hydrogens (primary N) is 1. The Morgan fingerprint density at radius 1 is 1.47 bits per heavy atom. The summed E-state index contributed by atoms with van der Waals surface area (Å²) in [7, 11) is 0. The van der Waals surface area contributed by atoms with Gasteiger partial charge in [-0.05, 0) is 30.2 Å². The largest absolute Gasteiger partial charge is 0.355 e. The van der Waals surface area contributed by atoms with Crippen molar-refractivity contribution in [2.24, 2.45) is 11.7 Å². The van der Waals surface area contributed by atoms with Crippen LogP contribution >= 0.6 is 35.0 Å². The molecule has 0 heterocycles. The van der Waals surface area contributed by atoms with Crippen molar-refractivity contribution in [2.75, 3.05) is 18.8 Å². The molecule has 1 rings (SSSR count). The standard InChI is InChI=1S/C13H18Cl2N2OS/c1-9(5-16)6-17-13(18)8-19-7-10-2-3-11(14)4-12(10)15/h2-4,9H,5-8,16H2,1H3,(H,17,18). The van der Waals surface area contributed by atoms with Crippen molar-refractivity contribution in [3.05, 3.63) is 33.8 Å². The number of nitrogens with one attached hydrogen (secondary N) is 1. The second-order valence-corrected chi connectivity index (χ2v) is 6.20. The van der Waals surface area contributed by atoms with Crippen LogP contribution in [-0.4, -0.2) is 24.7 Å². The highest BCUT2D eigenvalue weighted by Crippen LogP contribution is 2.24. The highest BCUT2D eigenvalue weighted by Gasteiger charge is 2.06. The molecule has 0 aromatic heterocycles. The number of hydrogen-bond acceptors (Lipinski definition) is 3. The number of benzene rings is 1. The number of hydrogen-bond donors (Lipinski definition) is 2. The van der Waals surface area contributed by atoms with Gasteiger partial charge < -0.3 is 11.1 Å². The summed E-state index contributed by atoms with van der Waals surface area (Å²) >= 11 is 13.4. The van der Waals surface area contributed by atoms with Gasteiger partial charge in [-0.25, -0.2) is 0 Å². The molecule has 0 aliphatic rings. The zero-order chi connectivity index (χ0) is 14.3.